The van der Waals surface area contributed by atoms with Crippen LogP contribution in [0.2, 0.25) is 0 Å². The molecule has 0 heterocycles. The van der Waals surface area contributed by atoms with Gasteiger partial charge in [0.25, 0.3) is 5.91 Å². The number of carbonyl (C=O) groups excluding carboxylic acids is 2. The Hall–Kier alpha value is -2.37. The minimum Gasteiger partial charge on any atom is -0.481 e. The van der Waals surface area contributed by atoms with Gasteiger partial charge in [-0.3, -0.25) is 14.4 Å². The molecule has 25 heavy (non-hydrogen) atoms. The zero-order valence-corrected chi connectivity index (χ0v) is 15.0. The fourth-order valence-electron chi connectivity index (χ4n) is 2.98. The van der Waals surface area contributed by atoms with E-state index < -0.39 is 11.5 Å². The van der Waals surface area contributed by atoms with E-state index in [2.05, 4.69) is 10.6 Å². The Balaban J connectivity index is 2.09. The van der Waals surface area contributed by atoms with Crippen LogP contribution in [0.5, 0.6) is 0 Å². The summed E-state index contributed by atoms with van der Waals surface area (Å²) in [6.45, 7) is 5.76. The van der Waals surface area contributed by atoms with Crippen LogP contribution in [0.3, 0.4) is 0 Å². The van der Waals surface area contributed by atoms with Gasteiger partial charge >= 0.3 is 5.97 Å². The van der Waals surface area contributed by atoms with Gasteiger partial charge in [0.1, 0.15) is 0 Å². The van der Waals surface area contributed by atoms with Crippen molar-refractivity contribution in [3.63, 3.8) is 0 Å². The number of carboxylic acid groups (broad SMARTS) is 1. The van der Waals surface area contributed by atoms with Crippen molar-refractivity contribution in [3.05, 3.63) is 29.8 Å². The summed E-state index contributed by atoms with van der Waals surface area (Å²) in [6.07, 6.45) is 1.83. The minimum absolute atomic E-state index is 0.0209. The monoisotopic (exact) mass is 346 g/mol. The number of aliphatic carboxylic acids is 1. The summed E-state index contributed by atoms with van der Waals surface area (Å²) in [6, 6.07) is 6.72. The summed E-state index contributed by atoms with van der Waals surface area (Å²) in [4.78, 5) is 35.7. The highest BCUT2D eigenvalue weighted by atomic mass is 16.4. The lowest BCUT2D eigenvalue weighted by molar-refractivity contribution is -0.138. The normalized spacial score (nSPS) is 19.2. The average Bonchev–Trinajstić information content (AvgIpc) is 3.31. The maximum absolute atomic E-state index is 12.6. The highest BCUT2D eigenvalue weighted by molar-refractivity contribution is 5.98. The number of hydrogen-bond donors (Lipinski definition) is 3. The quantitative estimate of drug-likeness (QED) is 0.674. The molecule has 2 amide bonds. The first kappa shape index (κ1) is 19.0. The number of amides is 2. The van der Waals surface area contributed by atoms with Gasteiger partial charge in [0, 0.05) is 17.2 Å². The third kappa shape index (κ3) is 4.81. The molecule has 1 saturated carbocycles. The number of rotatable bonds is 8. The zero-order chi connectivity index (χ0) is 18.6. The van der Waals surface area contributed by atoms with Crippen LogP contribution in [-0.4, -0.2) is 28.4 Å². The number of carbonyl (C=O) groups is 3. The van der Waals surface area contributed by atoms with Crippen molar-refractivity contribution in [1.29, 1.82) is 0 Å². The Labute approximate surface area is 148 Å². The van der Waals surface area contributed by atoms with Crippen LogP contribution in [0.1, 0.15) is 56.8 Å². The number of anilines is 1. The van der Waals surface area contributed by atoms with Gasteiger partial charge in [0.05, 0.1) is 12.0 Å². The highest BCUT2D eigenvalue weighted by Gasteiger charge is 2.39. The van der Waals surface area contributed by atoms with Crippen LogP contribution >= 0.6 is 0 Å². The largest absolute Gasteiger partial charge is 0.481 e. The molecular formula is C19H26N2O4. The summed E-state index contributed by atoms with van der Waals surface area (Å²) in [5, 5.41) is 14.8. The van der Waals surface area contributed by atoms with Gasteiger partial charge in [0.2, 0.25) is 5.91 Å². The molecule has 6 nitrogen and oxygen atoms in total. The summed E-state index contributed by atoms with van der Waals surface area (Å²) >= 11 is 0. The summed E-state index contributed by atoms with van der Waals surface area (Å²) in [5.41, 5.74) is 0.206. The average molecular weight is 346 g/mol. The molecule has 0 aliphatic heterocycles. The second-order valence-corrected chi connectivity index (χ2v) is 6.90. The van der Waals surface area contributed by atoms with Gasteiger partial charge in [-0.25, -0.2) is 0 Å². The van der Waals surface area contributed by atoms with E-state index in [1.54, 1.807) is 24.3 Å². The molecule has 0 spiro atoms. The molecule has 136 valence electrons. The Morgan fingerprint density at radius 3 is 2.40 bits per heavy atom. The van der Waals surface area contributed by atoms with Crippen molar-refractivity contribution < 1.29 is 19.5 Å². The Morgan fingerprint density at radius 1 is 1.24 bits per heavy atom. The summed E-state index contributed by atoms with van der Waals surface area (Å²) in [7, 11) is 0. The van der Waals surface area contributed by atoms with Gasteiger partial charge in [-0.2, -0.15) is 0 Å². The van der Waals surface area contributed by atoms with Crippen molar-refractivity contribution in [2.45, 2.75) is 52.0 Å². The standard InChI is InChI=1S/C19H26N2O4/c1-4-19(5-2,11-16(22)23)21-17(24)13-7-6-8-14(10-13)20-18(25)15-9-12(15)3/h6-8,10,12,15H,4-5,9,11H2,1-3H3,(H,20,25)(H,21,24)(H,22,23). The predicted molar refractivity (Wildman–Crippen MR) is 95.4 cm³/mol. The molecule has 2 rings (SSSR count). The molecule has 2 unspecified atom stereocenters. The lowest BCUT2D eigenvalue weighted by Crippen LogP contribution is -2.49. The Kier molecular flexibility index (Phi) is 5.82. The second-order valence-electron chi connectivity index (χ2n) is 6.90. The number of hydrogen-bond acceptors (Lipinski definition) is 3. The molecule has 0 aromatic heterocycles. The van der Waals surface area contributed by atoms with Crippen LogP contribution in [0, 0.1) is 11.8 Å². The fourth-order valence-corrected chi connectivity index (χ4v) is 2.98. The smallest absolute Gasteiger partial charge is 0.305 e. The van der Waals surface area contributed by atoms with E-state index in [1.807, 2.05) is 20.8 Å². The van der Waals surface area contributed by atoms with Crippen LogP contribution < -0.4 is 10.6 Å². The molecule has 0 radical (unpaired) electrons. The first-order valence-electron chi connectivity index (χ1n) is 8.75. The third-order valence-corrected chi connectivity index (χ3v) is 5.06. The van der Waals surface area contributed by atoms with Crippen molar-refractivity contribution in [2.75, 3.05) is 5.32 Å². The lowest BCUT2D eigenvalue weighted by Gasteiger charge is -2.31. The SMILES string of the molecule is CCC(CC)(CC(=O)O)NC(=O)c1cccc(NC(=O)C2CC2C)c1. The maximum Gasteiger partial charge on any atom is 0.305 e. The first-order valence-corrected chi connectivity index (χ1v) is 8.75. The summed E-state index contributed by atoms with van der Waals surface area (Å²) < 4.78 is 0. The van der Waals surface area contributed by atoms with Gasteiger partial charge in [-0.15, -0.1) is 0 Å². The third-order valence-electron chi connectivity index (χ3n) is 5.06. The van der Waals surface area contributed by atoms with Crippen LogP contribution in [0.4, 0.5) is 5.69 Å². The van der Waals surface area contributed by atoms with Gasteiger partial charge in [0.15, 0.2) is 0 Å². The number of benzene rings is 1. The van der Waals surface area contributed by atoms with E-state index in [9.17, 15) is 14.4 Å². The fraction of sp³-hybridized carbons (Fsp3) is 0.526. The number of carboxylic acids is 1. The predicted octanol–water partition coefficient (Wildman–Crippen LogP) is 3.04. The van der Waals surface area contributed by atoms with E-state index in [0.717, 1.165) is 6.42 Å². The van der Waals surface area contributed by atoms with E-state index in [-0.39, 0.29) is 24.2 Å². The van der Waals surface area contributed by atoms with Gasteiger partial charge < -0.3 is 15.7 Å². The zero-order valence-electron chi connectivity index (χ0n) is 15.0. The Morgan fingerprint density at radius 2 is 1.88 bits per heavy atom. The molecule has 1 aliphatic carbocycles. The molecule has 6 heteroatoms. The molecule has 1 aromatic carbocycles. The lowest BCUT2D eigenvalue weighted by atomic mass is 9.88. The molecule has 2 atom stereocenters. The molecule has 0 saturated heterocycles. The van der Waals surface area contributed by atoms with E-state index >= 15 is 0 Å². The van der Waals surface area contributed by atoms with E-state index in [1.165, 1.54) is 0 Å². The van der Waals surface area contributed by atoms with Crippen LogP contribution in [0.25, 0.3) is 0 Å². The Bertz CT molecular complexity index is 667. The summed E-state index contributed by atoms with van der Waals surface area (Å²) in [5.74, 6) is -0.824. The van der Waals surface area contributed by atoms with Crippen LogP contribution in [-0.2, 0) is 9.59 Å². The van der Waals surface area contributed by atoms with E-state index in [0.29, 0.717) is 30.0 Å². The topological polar surface area (TPSA) is 95.5 Å². The van der Waals surface area contributed by atoms with Crippen molar-refractivity contribution >= 4 is 23.5 Å². The first-order chi connectivity index (χ1) is 11.8. The molecule has 1 fully saturated rings. The molecule has 1 aromatic rings. The molecule has 1 aliphatic rings. The van der Waals surface area contributed by atoms with Crippen molar-refractivity contribution in [2.24, 2.45) is 11.8 Å². The second kappa shape index (κ2) is 7.68. The minimum atomic E-state index is -0.941. The molecule has 0 bridgehead atoms. The molecular weight excluding hydrogens is 320 g/mol. The molecule has 3 N–H and O–H groups in total. The number of nitrogens with one attached hydrogen (secondary N) is 2. The maximum atomic E-state index is 12.6. The van der Waals surface area contributed by atoms with Crippen molar-refractivity contribution in [1.82, 2.24) is 5.32 Å². The van der Waals surface area contributed by atoms with Crippen molar-refractivity contribution in [3.8, 4) is 0 Å². The van der Waals surface area contributed by atoms with Gasteiger partial charge in [-0.1, -0.05) is 26.8 Å². The van der Waals surface area contributed by atoms with Gasteiger partial charge in [-0.05, 0) is 43.4 Å². The highest BCUT2D eigenvalue weighted by Crippen LogP contribution is 2.38. The van der Waals surface area contributed by atoms with Crippen LogP contribution in [0.15, 0.2) is 24.3 Å². The van der Waals surface area contributed by atoms with E-state index in [4.69, 9.17) is 5.11 Å².